The van der Waals surface area contributed by atoms with Crippen LogP contribution in [0, 0.1) is 13.8 Å². The van der Waals surface area contributed by atoms with E-state index in [0.717, 1.165) is 35.0 Å². The van der Waals surface area contributed by atoms with Crippen LogP contribution in [0.2, 0.25) is 0 Å². The largest absolute Gasteiger partial charge is 0.477 e. The Labute approximate surface area is 172 Å². The smallest absolute Gasteiger partial charge is 0.341 e. The molecule has 2 heterocycles. The van der Waals surface area contributed by atoms with Crippen molar-refractivity contribution in [3.63, 3.8) is 0 Å². The number of fused-ring (bicyclic) bond motifs is 1. The lowest BCUT2D eigenvalue weighted by Gasteiger charge is -2.17. The number of carbonyl (C=O) groups is 1. The fourth-order valence-corrected chi connectivity index (χ4v) is 3.58. The summed E-state index contributed by atoms with van der Waals surface area (Å²) in [5, 5.41) is 12.2. The van der Waals surface area contributed by atoms with Gasteiger partial charge in [0.15, 0.2) is 0 Å². The van der Waals surface area contributed by atoms with Gasteiger partial charge in [0.05, 0.1) is 5.52 Å². The fraction of sp³-hybridized carbons (Fsp3) is 0.286. The molecule has 1 fully saturated rings. The number of hydrogen-bond donors (Lipinski definition) is 2. The number of halogens is 1. The molecule has 0 radical (unpaired) electrons. The maximum absolute atomic E-state index is 12.7. The van der Waals surface area contributed by atoms with Crippen molar-refractivity contribution < 1.29 is 14.0 Å². The van der Waals surface area contributed by atoms with Crippen molar-refractivity contribution in [2.24, 2.45) is 0 Å². The highest BCUT2D eigenvalue weighted by Crippen LogP contribution is 2.39. The van der Waals surface area contributed by atoms with Gasteiger partial charge in [0, 0.05) is 40.5 Å². The Bertz CT molecular complexity index is 1250. The van der Waals surface area contributed by atoms with Crippen molar-refractivity contribution in [1.29, 1.82) is 0 Å². The van der Waals surface area contributed by atoms with Gasteiger partial charge >= 0.3 is 5.97 Å². The molecule has 0 unspecified atom stereocenters. The van der Waals surface area contributed by atoms with E-state index in [2.05, 4.69) is 10.3 Å². The van der Waals surface area contributed by atoms with Gasteiger partial charge in [-0.1, -0.05) is 6.07 Å². The topological polar surface area (TPSA) is 84.2 Å². The number of carboxylic acid groups (broad SMARTS) is 1. The van der Waals surface area contributed by atoms with E-state index >= 15 is 0 Å². The average Bonchev–Trinajstić information content (AvgIpc) is 3.48. The highest BCUT2D eigenvalue weighted by molar-refractivity contribution is 5.95. The molecule has 0 bridgehead atoms. The minimum Gasteiger partial charge on any atom is -0.477 e. The summed E-state index contributed by atoms with van der Waals surface area (Å²) in [5.41, 5.74) is 3.20. The van der Waals surface area contributed by atoms with Gasteiger partial charge in [-0.3, -0.25) is 4.79 Å². The van der Waals surface area contributed by atoms with Crippen LogP contribution in [0.5, 0.6) is 0 Å². The Morgan fingerprint density at radius 2 is 2.11 bits per heavy atom. The molecule has 6 nitrogen and oxygen atoms in total. The molecule has 7 heteroatoms. The van der Waals surface area contributed by atoms with Crippen molar-refractivity contribution in [2.45, 2.75) is 32.7 Å². The quantitative estimate of drug-likeness (QED) is 0.684. The zero-order valence-corrected chi connectivity index (χ0v) is 16.3. The first kappa shape index (κ1) is 16.1. The molecule has 28 heavy (non-hydrogen) atoms. The second-order valence-electron chi connectivity index (χ2n) is 6.96. The summed E-state index contributed by atoms with van der Waals surface area (Å²) in [6.07, 6.45) is 4.93. The first-order chi connectivity index (χ1) is 14.1. The predicted molar refractivity (Wildman–Crippen MR) is 113 cm³/mol. The van der Waals surface area contributed by atoms with E-state index < -0.39 is 18.4 Å². The first-order valence-electron chi connectivity index (χ1n) is 10.2. The van der Waals surface area contributed by atoms with Crippen molar-refractivity contribution in [3.8, 4) is 11.1 Å². The number of benzene rings is 1. The van der Waals surface area contributed by atoms with Crippen LogP contribution in [0.15, 0.2) is 35.4 Å². The van der Waals surface area contributed by atoms with Crippen LogP contribution in [-0.4, -0.2) is 27.6 Å². The summed E-state index contributed by atoms with van der Waals surface area (Å²) in [4.78, 5) is 28.5. The molecule has 146 valence electrons. The minimum atomic E-state index is -2.33. The number of hydrogen-bond acceptors (Lipinski definition) is 4. The van der Waals surface area contributed by atoms with E-state index in [4.69, 9.17) is 4.11 Å². The summed E-state index contributed by atoms with van der Waals surface area (Å²) in [6.45, 7) is 1.35. The van der Waals surface area contributed by atoms with Crippen LogP contribution in [0.4, 0.5) is 5.82 Å². The van der Waals surface area contributed by atoms with Gasteiger partial charge in [0.1, 0.15) is 11.4 Å². The standard InChI is InChI=1S/C21H21N3O3.ClH/c1-11-8-13(9-23-20(11)22-3)15-6-7-16-18(12(15)2)24(14-4-5-14)10-17(19(16)25)21(26)27;/h6-10,14H,4-5H2,1-3H3,(H,22,23)(H,26,27);1H/i3D3;. The van der Waals surface area contributed by atoms with Crippen molar-refractivity contribution in [3.05, 3.63) is 57.5 Å². The third-order valence-electron chi connectivity index (χ3n) is 5.12. The molecule has 2 N–H and O–H groups in total. The Morgan fingerprint density at radius 1 is 1.36 bits per heavy atom. The number of pyridine rings is 2. The van der Waals surface area contributed by atoms with Gasteiger partial charge in [-0.05, 0) is 55.5 Å². The maximum Gasteiger partial charge on any atom is 0.341 e. The zero-order chi connectivity index (χ0) is 21.8. The molecule has 2 aromatic heterocycles. The second kappa shape index (κ2) is 7.28. The summed E-state index contributed by atoms with van der Waals surface area (Å²) in [7, 11) is 0. The van der Waals surface area contributed by atoms with Gasteiger partial charge < -0.3 is 15.0 Å². The molecule has 3 aromatic rings. The number of nitrogens with one attached hydrogen (secondary N) is 1. The number of anilines is 1. The highest BCUT2D eigenvalue weighted by Gasteiger charge is 2.28. The fourth-order valence-electron chi connectivity index (χ4n) is 3.58. The van der Waals surface area contributed by atoms with E-state index in [0.29, 0.717) is 10.9 Å². The Balaban J connectivity index is 0.00000272. The first-order valence-corrected chi connectivity index (χ1v) is 8.74. The number of nitrogens with zero attached hydrogens (tertiary/aromatic N) is 2. The average molecular weight is 403 g/mol. The molecule has 1 aromatic carbocycles. The Morgan fingerprint density at radius 3 is 2.71 bits per heavy atom. The molecule has 0 aliphatic heterocycles. The molecule has 1 aliphatic rings. The van der Waals surface area contributed by atoms with E-state index in [-0.39, 0.29) is 29.8 Å². The van der Waals surface area contributed by atoms with Crippen LogP contribution in [-0.2, 0) is 0 Å². The Kier molecular flexibility index (Phi) is 4.19. The van der Waals surface area contributed by atoms with Crippen LogP contribution >= 0.6 is 12.4 Å². The summed E-state index contributed by atoms with van der Waals surface area (Å²) >= 11 is 0. The van der Waals surface area contributed by atoms with Crippen LogP contribution in [0.3, 0.4) is 0 Å². The molecule has 0 spiro atoms. The minimum absolute atomic E-state index is 0. The van der Waals surface area contributed by atoms with Crippen molar-refractivity contribution in [2.75, 3.05) is 12.3 Å². The third kappa shape index (κ3) is 3.14. The van der Waals surface area contributed by atoms with Crippen LogP contribution in [0.1, 0.15) is 44.5 Å². The van der Waals surface area contributed by atoms with E-state index in [1.165, 1.54) is 6.20 Å². The van der Waals surface area contributed by atoms with Crippen LogP contribution in [0.25, 0.3) is 22.0 Å². The van der Waals surface area contributed by atoms with Gasteiger partial charge in [-0.15, -0.1) is 12.4 Å². The third-order valence-corrected chi connectivity index (χ3v) is 5.12. The number of aryl methyl sites for hydroxylation is 2. The van der Waals surface area contributed by atoms with E-state index in [1.807, 2.05) is 17.6 Å². The maximum atomic E-state index is 12.7. The Hall–Kier alpha value is -2.86. The second-order valence-corrected chi connectivity index (χ2v) is 6.96. The molecular weight excluding hydrogens is 378 g/mol. The number of aromatic nitrogens is 2. The predicted octanol–water partition coefficient (Wildman–Crippen LogP) is 4.18. The molecule has 0 atom stereocenters. The number of aromatic carboxylic acids is 1. The molecule has 0 saturated heterocycles. The highest BCUT2D eigenvalue weighted by atomic mass is 35.5. The number of carboxylic acids is 1. The van der Waals surface area contributed by atoms with Crippen molar-refractivity contribution in [1.82, 2.24) is 9.55 Å². The van der Waals surface area contributed by atoms with Gasteiger partial charge in [-0.2, -0.15) is 0 Å². The van der Waals surface area contributed by atoms with E-state index in [9.17, 15) is 14.7 Å². The van der Waals surface area contributed by atoms with Crippen molar-refractivity contribution >= 4 is 35.1 Å². The summed E-state index contributed by atoms with van der Waals surface area (Å²) < 4.78 is 24.0. The SMILES string of the molecule is Cl.[2H]C([2H])([2H])Nc1ncc(-c2ccc3c(=O)c(C(=O)O)cn(C4CC4)c3c2C)cc1C. The normalized spacial score (nSPS) is 15.3. The molecule has 0 amide bonds. The zero-order valence-electron chi connectivity index (χ0n) is 18.4. The van der Waals surface area contributed by atoms with E-state index in [1.54, 1.807) is 25.3 Å². The molecular formula is C21H22ClN3O3. The molecule has 1 aliphatic carbocycles. The van der Waals surface area contributed by atoms with Crippen LogP contribution < -0.4 is 10.7 Å². The lowest BCUT2D eigenvalue weighted by Crippen LogP contribution is -2.19. The summed E-state index contributed by atoms with van der Waals surface area (Å²) in [5.74, 6) is -0.937. The molecule has 1 saturated carbocycles. The lowest BCUT2D eigenvalue weighted by molar-refractivity contribution is 0.0695. The lowest BCUT2D eigenvalue weighted by atomic mass is 9.97. The summed E-state index contributed by atoms with van der Waals surface area (Å²) in [6, 6.07) is 5.48. The van der Waals surface area contributed by atoms with Gasteiger partial charge in [0.2, 0.25) is 5.43 Å². The number of rotatable bonds is 4. The monoisotopic (exact) mass is 402 g/mol. The van der Waals surface area contributed by atoms with Gasteiger partial charge in [0.25, 0.3) is 0 Å². The van der Waals surface area contributed by atoms with Gasteiger partial charge in [-0.25, -0.2) is 9.78 Å². The molecule has 4 rings (SSSR count).